The van der Waals surface area contributed by atoms with E-state index in [4.69, 9.17) is 0 Å². The molecule has 0 saturated heterocycles. The number of non-ortho nitro benzene ring substituents is 1. The van der Waals surface area contributed by atoms with Gasteiger partial charge in [-0.05, 0) is 18.2 Å². The number of nitro benzene ring substituents is 1. The predicted octanol–water partition coefficient (Wildman–Crippen LogP) is 3.42. The smallest absolute Gasteiger partial charge is 0.296 e. The fourth-order valence-corrected chi connectivity index (χ4v) is 3.13. The van der Waals surface area contributed by atoms with Crippen molar-refractivity contribution in [3.05, 3.63) is 67.1 Å². The van der Waals surface area contributed by atoms with E-state index < -0.39 is 15.8 Å². The van der Waals surface area contributed by atoms with Crippen molar-refractivity contribution in [2.75, 3.05) is 5.32 Å². The minimum Gasteiger partial charge on any atom is -0.296 e. The van der Waals surface area contributed by atoms with Gasteiger partial charge in [-0.3, -0.25) is 30.3 Å². The van der Waals surface area contributed by atoms with Gasteiger partial charge in [0.05, 0.1) is 14.7 Å². The molecule has 2 aromatic heterocycles. The fourth-order valence-electron chi connectivity index (χ4n) is 1.85. The van der Waals surface area contributed by atoms with Crippen molar-refractivity contribution in [3.63, 3.8) is 0 Å². The van der Waals surface area contributed by atoms with E-state index in [2.05, 4.69) is 20.5 Å². The van der Waals surface area contributed by atoms with Crippen LogP contribution in [0.15, 0.2) is 41.4 Å². The first-order valence-electron chi connectivity index (χ1n) is 7.10. The Hall–Kier alpha value is -3.58. The summed E-state index contributed by atoms with van der Waals surface area (Å²) in [4.78, 5) is 37.0. The van der Waals surface area contributed by atoms with E-state index in [-0.39, 0.29) is 26.5 Å². The Morgan fingerprint density at radius 1 is 1.04 bits per heavy atom. The van der Waals surface area contributed by atoms with Crippen LogP contribution in [0, 0.1) is 20.2 Å². The number of benzene rings is 1. The summed E-state index contributed by atoms with van der Waals surface area (Å²) in [7, 11) is 0. The van der Waals surface area contributed by atoms with E-state index in [1.54, 1.807) is 6.07 Å². The molecular formula is C14H8N6O5S2. The summed E-state index contributed by atoms with van der Waals surface area (Å²) in [5.41, 5.74) is 0.111. The Balaban J connectivity index is 1.64. The molecule has 0 unspecified atom stereocenters. The van der Waals surface area contributed by atoms with Gasteiger partial charge in [-0.15, -0.1) is 10.2 Å². The van der Waals surface area contributed by atoms with Crippen molar-refractivity contribution in [2.45, 2.75) is 0 Å². The molecule has 0 atom stereocenters. The number of nitrogens with zero attached hydrogens (tertiary/aromatic N) is 5. The van der Waals surface area contributed by atoms with Crippen LogP contribution in [-0.2, 0) is 0 Å². The Labute approximate surface area is 158 Å². The monoisotopic (exact) mass is 404 g/mol. The van der Waals surface area contributed by atoms with Crippen LogP contribution < -0.4 is 5.32 Å². The highest BCUT2D eigenvalue weighted by molar-refractivity contribution is 7.19. The molecule has 1 N–H and O–H groups in total. The minimum absolute atomic E-state index is 0.00441. The molecule has 27 heavy (non-hydrogen) atoms. The highest BCUT2D eigenvalue weighted by Gasteiger charge is 2.12. The zero-order chi connectivity index (χ0) is 19.4. The average molecular weight is 404 g/mol. The topological polar surface area (TPSA) is 154 Å². The third-order valence-corrected chi connectivity index (χ3v) is 4.79. The lowest BCUT2D eigenvalue weighted by atomic mass is 10.2. The van der Waals surface area contributed by atoms with E-state index >= 15 is 0 Å². The van der Waals surface area contributed by atoms with Crippen molar-refractivity contribution >= 4 is 55.7 Å². The number of carbonyl (C=O) groups is 1. The number of amides is 1. The summed E-state index contributed by atoms with van der Waals surface area (Å²) in [6, 6.07) is 8.05. The first kappa shape index (κ1) is 18.2. The van der Waals surface area contributed by atoms with Crippen molar-refractivity contribution in [2.24, 2.45) is 4.99 Å². The van der Waals surface area contributed by atoms with E-state index in [1.165, 1.54) is 36.5 Å². The van der Waals surface area contributed by atoms with Crippen molar-refractivity contribution < 1.29 is 14.6 Å². The number of aliphatic imine (C=N–C) groups is 1. The molecular weight excluding hydrogens is 396 g/mol. The Morgan fingerprint density at radius 3 is 2.41 bits per heavy atom. The van der Waals surface area contributed by atoms with Crippen molar-refractivity contribution in [1.29, 1.82) is 0 Å². The van der Waals surface area contributed by atoms with Crippen LogP contribution in [0.4, 0.5) is 21.0 Å². The third-order valence-electron chi connectivity index (χ3n) is 3.07. The third kappa shape index (κ3) is 4.53. The molecule has 0 fully saturated rings. The SMILES string of the molecule is O=C(Nc1nnc(N=Cc2ccc([N+](=O)[O-])s2)s1)c1ccc([N+](=O)[O-])cc1. The lowest BCUT2D eigenvalue weighted by Crippen LogP contribution is -2.11. The van der Waals surface area contributed by atoms with E-state index in [0.717, 1.165) is 22.7 Å². The van der Waals surface area contributed by atoms with E-state index in [9.17, 15) is 25.0 Å². The van der Waals surface area contributed by atoms with Crippen LogP contribution in [0.2, 0.25) is 0 Å². The molecule has 0 saturated carbocycles. The Morgan fingerprint density at radius 2 is 1.78 bits per heavy atom. The van der Waals surface area contributed by atoms with Crippen LogP contribution in [-0.4, -0.2) is 32.2 Å². The van der Waals surface area contributed by atoms with Crippen LogP contribution in [0.3, 0.4) is 0 Å². The van der Waals surface area contributed by atoms with Gasteiger partial charge in [0.15, 0.2) is 0 Å². The number of nitro groups is 2. The highest BCUT2D eigenvalue weighted by Crippen LogP contribution is 2.26. The zero-order valence-electron chi connectivity index (χ0n) is 13.1. The maximum Gasteiger partial charge on any atom is 0.324 e. The summed E-state index contributed by atoms with van der Waals surface area (Å²) < 4.78 is 0. The second-order valence-corrected chi connectivity index (χ2v) is 6.89. The lowest BCUT2D eigenvalue weighted by molar-refractivity contribution is -0.384. The van der Waals surface area contributed by atoms with Gasteiger partial charge in [-0.2, -0.15) is 0 Å². The fraction of sp³-hybridized carbons (Fsp3) is 0. The van der Waals surface area contributed by atoms with Gasteiger partial charge < -0.3 is 0 Å². The average Bonchev–Trinajstić information content (AvgIpc) is 3.29. The molecule has 0 bridgehead atoms. The highest BCUT2D eigenvalue weighted by atomic mass is 32.1. The quantitative estimate of drug-likeness (QED) is 0.375. The number of thiophene rings is 1. The maximum absolute atomic E-state index is 12.1. The molecule has 3 rings (SSSR count). The van der Waals surface area contributed by atoms with E-state index in [1.807, 2.05) is 0 Å². The number of nitrogens with one attached hydrogen (secondary N) is 1. The van der Waals surface area contributed by atoms with Gasteiger partial charge in [0.2, 0.25) is 10.3 Å². The summed E-state index contributed by atoms with van der Waals surface area (Å²) >= 11 is 1.98. The molecule has 0 radical (unpaired) electrons. The van der Waals surface area contributed by atoms with Crippen LogP contribution >= 0.6 is 22.7 Å². The van der Waals surface area contributed by atoms with Gasteiger partial charge in [0.25, 0.3) is 11.6 Å². The molecule has 1 amide bonds. The van der Waals surface area contributed by atoms with Gasteiger partial charge in [0, 0.05) is 30.0 Å². The maximum atomic E-state index is 12.1. The van der Waals surface area contributed by atoms with E-state index in [0.29, 0.717) is 4.88 Å². The van der Waals surface area contributed by atoms with Gasteiger partial charge in [-0.25, -0.2) is 4.99 Å². The molecule has 3 aromatic rings. The predicted molar refractivity (Wildman–Crippen MR) is 99.2 cm³/mol. The first-order valence-corrected chi connectivity index (χ1v) is 8.73. The number of aromatic nitrogens is 2. The lowest BCUT2D eigenvalue weighted by Gasteiger charge is -2.00. The number of hydrogen-bond donors (Lipinski definition) is 1. The molecule has 136 valence electrons. The summed E-state index contributed by atoms with van der Waals surface area (Å²) in [6.07, 6.45) is 1.42. The molecule has 11 nitrogen and oxygen atoms in total. The Kier molecular flexibility index (Phi) is 5.23. The van der Waals surface area contributed by atoms with Crippen molar-refractivity contribution in [1.82, 2.24) is 10.2 Å². The molecule has 0 aliphatic rings. The van der Waals surface area contributed by atoms with Crippen LogP contribution in [0.5, 0.6) is 0 Å². The second kappa shape index (κ2) is 7.76. The Bertz CT molecular complexity index is 1040. The number of hydrogen-bond acceptors (Lipinski definition) is 10. The molecule has 0 aliphatic heterocycles. The van der Waals surface area contributed by atoms with Gasteiger partial charge in [0.1, 0.15) is 0 Å². The molecule has 0 spiro atoms. The normalized spacial score (nSPS) is 10.8. The number of anilines is 1. The second-order valence-electron chi connectivity index (χ2n) is 4.84. The minimum atomic E-state index is -0.557. The summed E-state index contributed by atoms with van der Waals surface area (Å²) in [6.45, 7) is 0. The van der Waals surface area contributed by atoms with Gasteiger partial charge in [-0.1, -0.05) is 22.7 Å². The van der Waals surface area contributed by atoms with Crippen molar-refractivity contribution in [3.8, 4) is 0 Å². The van der Waals surface area contributed by atoms with Crippen LogP contribution in [0.25, 0.3) is 0 Å². The summed E-state index contributed by atoms with van der Waals surface area (Å²) in [5, 5.41) is 31.8. The molecule has 0 aliphatic carbocycles. The first-order chi connectivity index (χ1) is 12.9. The standard InChI is InChI=1S/C14H8N6O5S2/c21-12(8-1-3-9(4-2-8)19(22)23)16-14-18-17-13(27-14)15-7-10-5-6-11(26-10)20(24)25/h1-7H,(H,16,18,21). The van der Waals surface area contributed by atoms with Crippen LogP contribution in [0.1, 0.15) is 15.2 Å². The molecule has 1 aromatic carbocycles. The number of carbonyl (C=O) groups excluding carboxylic acids is 1. The molecule has 13 heteroatoms. The summed E-state index contributed by atoms with van der Waals surface area (Å²) in [5.74, 6) is -0.495. The molecule has 2 heterocycles. The number of rotatable bonds is 6. The largest absolute Gasteiger partial charge is 0.324 e. The zero-order valence-corrected chi connectivity index (χ0v) is 14.8. The van der Waals surface area contributed by atoms with Gasteiger partial charge >= 0.3 is 5.00 Å².